The third-order valence-electron chi connectivity index (χ3n) is 5.13. The van der Waals surface area contributed by atoms with Crippen molar-refractivity contribution >= 4 is 23.6 Å². The largest absolute Gasteiger partial charge is 0.481 e. The zero-order valence-electron chi connectivity index (χ0n) is 18.9. The fourth-order valence-electron chi connectivity index (χ4n) is 3.37. The molecule has 1 heterocycles. The first kappa shape index (κ1) is 27.9. The van der Waals surface area contributed by atoms with Crippen molar-refractivity contribution in [2.45, 2.75) is 57.3 Å². The van der Waals surface area contributed by atoms with Crippen LogP contribution in [0.3, 0.4) is 0 Å². The molecule has 1 aliphatic heterocycles. The number of carbonyl (C=O) groups is 4. The average Bonchev–Trinajstić information content (AvgIpc) is 3.23. The van der Waals surface area contributed by atoms with Gasteiger partial charge in [0.15, 0.2) is 5.78 Å². The Kier molecular flexibility index (Phi) is 12.3. The van der Waals surface area contributed by atoms with E-state index in [1.807, 2.05) is 0 Å². The number of aliphatic carboxylic acids is 1. The van der Waals surface area contributed by atoms with Gasteiger partial charge in [-0.1, -0.05) is 0 Å². The quantitative estimate of drug-likeness (QED) is 0.130. The van der Waals surface area contributed by atoms with Gasteiger partial charge < -0.3 is 36.3 Å². The van der Waals surface area contributed by atoms with Gasteiger partial charge in [-0.3, -0.25) is 24.5 Å². The molecule has 0 aromatic rings. The van der Waals surface area contributed by atoms with Crippen LogP contribution in [0.1, 0.15) is 39.5 Å². The molecule has 0 spiro atoms. The summed E-state index contributed by atoms with van der Waals surface area (Å²) in [5.41, 5.74) is 10.3. The number of rotatable bonds is 16. The molecule has 1 fully saturated rings. The van der Waals surface area contributed by atoms with Crippen LogP contribution in [0.25, 0.3) is 0 Å². The summed E-state index contributed by atoms with van der Waals surface area (Å²) >= 11 is 0. The predicted molar refractivity (Wildman–Crippen MR) is 116 cm³/mol. The smallest absolute Gasteiger partial charge is 0.303 e. The molecular formula is C20H37N5O7. The van der Waals surface area contributed by atoms with Crippen LogP contribution < -0.4 is 22.1 Å². The van der Waals surface area contributed by atoms with E-state index in [1.165, 1.54) is 13.8 Å². The number of hydrogen-bond acceptors (Lipinski definition) is 9. The summed E-state index contributed by atoms with van der Waals surface area (Å²) < 4.78 is 10.8. The third-order valence-corrected chi connectivity index (χ3v) is 5.13. The van der Waals surface area contributed by atoms with Crippen molar-refractivity contribution in [3.05, 3.63) is 0 Å². The first-order valence-corrected chi connectivity index (χ1v) is 10.8. The number of ketones is 1. The number of nitrogens with one attached hydrogen (secondary N) is 2. The normalized spacial score (nSPS) is 18.8. The molecule has 0 aliphatic carbocycles. The number of hydrogen-bond donors (Lipinski definition) is 5. The van der Waals surface area contributed by atoms with E-state index >= 15 is 0 Å². The van der Waals surface area contributed by atoms with Crippen molar-refractivity contribution in [1.82, 2.24) is 15.5 Å². The highest BCUT2D eigenvalue weighted by Gasteiger charge is 2.32. The number of amides is 2. The van der Waals surface area contributed by atoms with Gasteiger partial charge in [-0.15, -0.1) is 0 Å². The number of carboxylic acid groups (broad SMARTS) is 1. The highest BCUT2D eigenvalue weighted by molar-refractivity contribution is 5.92. The van der Waals surface area contributed by atoms with Crippen molar-refractivity contribution in [2.24, 2.45) is 11.5 Å². The molecule has 0 saturated carbocycles. The summed E-state index contributed by atoms with van der Waals surface area (Å²) in [6.45, 7) is 5.47. The van der Waals surface area contributed by atoms with Gasteiger partial charge in [0.1, 0.15) is 11.7 Å². The predicted octanol–water partition coefficient (Wildman–Crippen LogP) is -1.83. The molecule has 184 valence electrons. The fraction of sp³-hybridized carbons (Fsp3) is 0.800. The Morgan fingerprint density at radius 1 is 1.16 bits per heavy atom. The number of likely N-dealkylation sites (tertiary alicyclic amines) is 1. The van der Waals surface area contributed by atoms with Crippen molar-refractivity contribution in [3.63, 3.8) is 0 Å². The van der Waals surface area contributed by atoms with Crippen LogP contribution in [-0.2, 0) is 28.7 Å². The zero-order valence-corrected chi connectivity index (χ0v) is 18.9. The molecule has 1 saturated heterocycles. The highest BCUT2D eigenvalue weighted by Crippen LogP contribution is 2.17. The maximum Gasteiger partial charge on any atom is 0.303 e. The minimum absolute atomic E-state index is 0.0204. The Morgan fingerprint density at radius 3 is 2.38 bits per heavy atom. The summed E-state index contributed by atoms with van der Waals surface area (Å²) in [6, 6.07) is -1.35. The number of carboxylic acids is 1. The van der Waals surface area contributed by atoms with Crippen LogP contribution in [0.2, 0.25) is 0 Å². The first-order chi connectivity index (χ1) is 15.1. The Bertz CT molecular complexity index is 644. The maximum atomic E-state index is 12.2. The lowest BCUT2D eigenvalue weighted by Gasteiger charge is -2.27. The van der Waals surface area contributed by atoms with Crippen molar-refractivity contribution in [2.75, 3.05) is 46.1 Å². The third kappa shape index (κ3) is 10.0. The Labute approximate surface area is 188 Å². The Morgan fingerprint density at radius 2 is 1.78 bits per heavy atom. The maximum absolute atomic E-state index is 12.2. The minimum Gasteiger partial charge on any atom is -0.481 e. The van der Waals surface area contributed by atoms with Crippen LogP contribution >= 0.6 is 0 Å². The van der Waals surface area contributed by atoms with E-state index in [4.69, 9.17) is 26.0 Å². The van der Waals surface area contributed by atoms with Crippen LogP contribution in [0, 0.1) is 0 Å². The monoisotopic (exact) mass is 459 g/mol. The lowest BCUT2D eigenvalue weighted by Crippen LogP contribution is -2.62. The molecule has 0 bridgehead atoms. The van der Waals surface area contributed by atoms with Gasteiger partial charge >= 0.3 is 5.97 Å². The van der Waals surface area contributed by atoms with Crippen molar-refractivity contribution in [1.29, 1.82) is 0 Å². The lowest BCUT2D eigenvalue weighted by atomic mass is 9.98. The summed E-state index contributed by atoms with van der Waals surface area (Å²) in [4.78, 5) is 48.0. The molecule has 32 heavy (non-hydrogen) atoms. The molecule has 0 radical (unpaired) electrons. The molecule has 3 unspecified atom stereocenters. The number of Topliss-reactive ketones (excluding diaryl/α,β-unsaturated/α-hetero) is 1. The molecule has 7 N–H and O–H groups in total. The van der Waals surface area contributed by atoms with Gasteiger partial charge in [0, 0.05) is 33.0 Å². The van der Waals surface area contributed by atoms with E-state index in [2.05, 4.69) is 10.6 Å². The molecule has 0 aromatic heterocycles. The number of nitrogens with zero attached hydrogens (tertiary/aromatic N) is 1. The van der Waals surface area contributed by atoms with Gasteiger partial charge in [-0.2, -0.15) is 0 Å². The first-order valence-electron chi connectivity index (χ1n) is 10.8. The molecule has 3 atom stereocenters. The molecule has 2 amide bonds. The van der Waals surface area contributed by atoms with Gasteiger partial charge in [0.25, 0.3) is 0 Å². The second kappa shape index (κ2) is 14.1. The highest BCUT2D eigenvalue weighted by atomic mass is 16.5. The zero-order chi connectivity index (χ0) is 24.1. The topological polar surface area (TPSA) is 186 Å². The van der Waals surface area contributed by atoms with E-state index in [0.717, 1.165) is 6.42 Å². The van der Waals surface area contributed by atoms with Gasteiger partial charge in [-0.25, -0.2) is 0 Å². The van der Waals surface area contributed by atoms with Crippen molar-refractivity contribution in [3.8, 4) is 0 Å². The van der Waals surface area contributed by atoms with Crippen molar-refractivity contribution < 1.29 is 33.8 Å². The molecular weight excluding hydrogens is 422 g/mol. The standard InChI is InChI=1S/C20H37N5O7/c1-14(26)25-9-3-4-16(25)19(30)23-7-10-31-12-13-32-11-8-24-20(2,22)18(29)15(21)5-6-17(27)28/h15-16,24H,3-13,21-22H2,1-2H3,(H,23,30)(H,27,28). The van der Waals surface area contributed by atoms with E-state index in [0.29, 0.717) is 45.9 Å². The van der Waals surface area contributed by atoms with Gasteiger partial charge in [-0.05, 0) is 26.2 Å². The second-order valence-electron chi connectivity index (χ2n) is 7.92. The van der Waals surface area contributed by atoms with E-state index in [9.17, 15) is 19.2 Å². The average molecular weight is 460 g/mol. The summed E-state index contributed by atoms with van der Waals surface area (Å²) in [5.74, 6) is -1.74. The van der Waals surface area contributed by atoms with Crippen LogP contribution in [0.5, 0.6) is 0 Å². The SMILES string of the molecule is CC(=O)N1CCCC1C(=O)NCCOCCOCCNC(C)(N)C(=O)C(N)CCC(=O)O. The van der Waals surface area contributed by atoms with Gasteiger partial charge in [0.2, 0.25) is 11.8 Å². The number of carbonyl (C=O) groups excluding carboxylic acids is 3. The lowest BCUT2D eigenvalue weighted by molar-refractivity contribution is -0.137. The van der Waals surface area contributed by atoms with E-state index in [-0.39, 0.29) is 31.3 Å². The molecule has 1 rings (SSSR count). The molecule has 12 nitrogen and oxygen atoms in total. The summed E-state index contributed by atoms with van der Waals surface area (Å²) in [7, 11) is 0. The van der Waals surface area contributed by atoms with Gasteiger partial charge in [0.05, 0.1) is 32.5 Å². The number of nitrogens with two attached hydrogens (primary N) is 2. The van der Waals surface area contributed by atoms with Crippen LogP contribution in [0.4, 0.5) is 0 Å². The Balaban J connectivity index is 2.06. The van der Waals surface area contributed by atoms with Crippen LogP contribution in [0.15, 0.2) is 0 Å². The second-order valence-corrected chi connectivity index (χ2v) is 7.92. The van der Waals surface area contributed by atoms with E-state index < -0.39 is 29.5 Å². The molecule has 0 aromatic carbocycles. The number of ether oxygens (including phenoxy) is 2. The minimum atomic E-state index is -1.38. The van der Waals surface area contributed by atoms with E-state index in [1.54, 1.807) is 4.90 Å². The summed E-state index contributed by atoms with van der Waals surface area (Å²) in [6.07, 6.45) is 1.32. The molecule has 12 heteroatoms. The fourth-order valence-corrected chi connectivity index (χ4v) is 3.37. The Hall–Kier alpha value is -2.12. The molecule has 1 aliphatic rings. The van der Waals surface area contributed by atoms with Crippen LogP contribution in [-0.4, -0.2) is 97.4 Å². The summed E-state index contributed by atoms with van der Waals surface area (Å²) in [5, 5.41) is 14.3.